The van der Waals surface area contributed by atoms with Crippen LogP contribution < -0.4 is 9.64 Å². The van der Waals surface area contributed by atoms with E-state index in [2.05, 4.69) is 56.4 Å². The standard InChI is InChI=1S/C35H41N5O4/c1-23-18-24(2)37-35(36-23)39-12-10-29(11-13-39)34(41)40-14-15-42-16-17-43-32-9-8-30(33-25(3)38-44-26(33)4)21-31(32)20-27-6-5-7-28(19-27)22-40/h5-9,18-19,21,29H,10-17,20,22H2,1-4H3. The Morgan fingerprint density at radius 1 is 0.864 bits per heavy atom. The molecule has 0 unspecified atom stereocenters. The highest BCUT2D eigenvalue weighted by molar-refractivity contribution is 5.79. The topological polar surface area (TPSA) is 93.8 Å². The summed E-state index contributed by atoms with van der Waals surface area (Å²) in [6, 6.07) is 16.8. The third kappa shape index (κ3) is 6.78. The van der Waals surface area contributed by atoms with Gasteiger partial charge in [-0.05, 0) is 81.0 Å². The van der Waals surface area contributed by atoms with Crippen LogP contribution in [0.5, 0.6) is 5.75 Å². The second-order valence-electron chi connectivity index (χ2n) is 12.0. The first kappa shape index (κ1) is 29.8. The third-order valence-corrected chi connectivity index (χ3v) is 8.54. The first-order valence-electron chi connectivity index (χ1n) is 15.5. The molecule has 0 aliphatic carbocycles. The molecule has 4 heterocycles. The highest BCUT2D eigenvalue weighted by Crippen LogP contribution is 2.33. The highest BCUT2D eigenvalue weighted by atomic mass is 16.5. The van der Waals surface area contributed by atoms with E-state index in [1.165, 1.54) is 5.56 Å². The van der Waals surface area contributed by atoms with Gasteiger partial charge in [-0.25, -0.2) is 9.97 Å². The number of benzene rings is 2. The number of nitrogens with zero attached hydrogens (tertiary/aromatic N) is 5. The molecular weight excluding hydrogens is 554 g/mol. The van der Waals surface area contributed by atoms with E-state index in [-0.39, 0.29) is 11.8 Å². The van der Waals surface area contributed by atoms with Gasteiger partial charge in [0.1, 0.15) is 18.1 Å². The molecule has 2 aromatic heterocycles. The first-order chi connectivity index (χ1) is 21.3. The quantitative estimate of drug-likeness (QED) is 0.302. The molecule has 6 rings (SSSR count). The third-order valence-electron chi connectivity index (χ3n) is 8.54. The zero-order valence-electron chi connectivity index (χ0n) is 26.1. The van der Waals surface area contributed by atoms with Crippen LogP contribution in [0.25, 0.3) is 11.1 Å². The van der Waals surface area contributed by atoms with Crippen molar-refractivity contribution in [1.82, 2.24) is 20.0 Å². The number of rotatable bonds is 3. The molecule has 2 aliphatic heterocycles. The van der Waals surface area contributed by atoms with Crippen LogP contribution >= 0.6 is 0 Å². The lowest BCUT2D eigenvalue weighted by atomic mass is 9.94. The summed E-state index contributed by atoms with van der Waals surface area (Å²) in [6.07, 6.45) is 2.27. The van der Waals surface area contributed by atoms with Crippen LogP contribution in [-0.4, -0.2) is 65.4 Å². The molecule has 0 radical (unpaired) electrons. The fraction of sp³-hybridized carbons (Fsp3) is 0.429. The number of hydrogen-bond acceptors (Lipinski definition) is 8. The Bertz CT molecular complexity index is 1590. The molecule has 44 heavy (non-hydrogen) atoms. The monoisotopic (exact) mass is 595 g/mol. The maximum absolute atomic E-state index is 13.9. The molecule has 0 atom stereocenters. The largest absolute Gasteiger partial charge is 0.491 e. The molecule has 9 heteroatoms. The van der Waals surface area contributed by atoms with Crippen LogP contribution in [0.4, 0.5) is 5.95 Å². The first-order valence-corrected chi connectivity index (χ1v) is 15.5. The molecule has 1 amide bonds. The summed E-state index contributed by atoms with van der Waals surface area (Å²) in [5.74, 6) is 2.57. The van der Waals surface area contributed by atoms with Crippen molar-refractivity contribution >= 4 is 11.9 Å². The number of ether oxygens (including phenoxy) is 2. The van der Waals surface area contributed by atoms with Gasteiger partial charge in [0.15, 0.2) is 0 Å². The molecule has 0 N–H and O–H groups in total. The minimum atomic E-state index is -0.0304. The number of fused-ring (bicyclic) bond motifs is 3. The Labute approximate surface area is 259 Å². The van der Waals surface area contributed by atoms with E-state index in [4.69, 9.17) is 14.0 Å². The summed E-state index contributed by atoms with van der Waals surface area (Å²) in [5, 5.41) is 4.14. The number of anilines is 1. The SMILES string of the molecule is Cc1cc(C)nc(N2CCC(C(=O)N3CCOCCOc4ccc(-c5c(C)noc5C)cc4Cc4cccc(c4)C3)CC2)n1. The Morgan fingerprint density at radius 2 is 1.64 bits per heavy atom. The number of aryl methyl sites for hydroxylation is 4. The Balaban J connectivity index is 1.19. The van der Waals surface area contributed by atoms with E-state index >= 15 is 0 Å². The van der Waals surface area contributed by atoms with Crippen LogP contribution in [0.2, 0.25) is 0 Å². The minimum absolute atomic E-state index is 0.0304. The predicted octanol–water partition coefficient (Wildman–Crippen LogP) is 5.61. The maximum Gasteiger partial charge on any atom is 0.226 e. The van der Waals surface area contributed by atoms with Gasteiger partial charge in [0.05, 0.1) is 18.9 Å². The normalized spacial score (nSPS) is 16.6. The number of carbonyl (C=O) groups excluding carboxylic acids is 1. The molecule has 2 bridgehead atoms. The molecule has 2 aliphatic rings. The maximum atomic E-state index is 13.9. The Kier molecular flexibility index (Phi) is 8.93. The lowest BCUT2D eigenvalue weighted by Crippen LogP contribution is -2.44. The van der Waals surface area contributed by atoms with E-state index < -0.39 is 0 Å². The summed E-state index contributed by atoms with van der Waals surface area (Å²) < 4.78 is 17.6. The number of hydrogen-bond donors (Lipinski definition) is 0. The molecule has 1 fully saturated rings. The molecule has 4 aromatic rings. The second-order valence-corrected chi connectivity index (χ2v) is 12.0. The minimum Gasteiger partial charge on any atom is -0.491 e. The highest BCUT2D eigenvalue weighted by Gasteiger charge is 2.30. The fourth-order valence-corrected chi connectivity index (χ4v) is 6.38. The van der Waals surface area contributed by atoms with Crippen molar-refractivity contribution in [2.75, 3.05) is 44.4 Å². The summed E-state index contributed by atoms with van der Waals surface area (Å²) in [4.78, 5) is 27.3. The summed E-state index contributed by atoms with van der Waals surface area (Å²) in [6.45, 7) is 11.9. The Hall–Kier alpha value is -4.24. The van der Waals surface area contributed by atoms with E-state index in [0.29, 0.717) is 39.3 Å². The number of carbonyl (C=O) groups is 1. The van der Waals surface area contributed by atoms with Gasteiger partial charge in [0.25, 0.3) is 0 Å². The van der Waals surface area contributed by atoms with Crippen molar-refractivity contribution in [1.29, 1.82) is 0 Å². The molecular formula is C35H41N5O4. The lowest BCUT2D eigenvalue weighted by Gasteiger charge is -2.34. The van der Waals surface area contributed by atoms with Crippen molar-refractivity contribution < 1.29 is 18.8 Å². The Morgan fingerprint density at radius 3 is 2.39 bits per heavy atom. The van der Waals surface area contributed by atoms with Crippen molar-refractivity contribution in [3.05, 3.63) is 88.1 Å². The van der Waals surface area contributed by atoms with Crippen molar-refractivity contribution in [2.45, 2.75) is 53.5 Å². The fourth-order valence-electron chi connectivity index (χ4n) is 6.38. The zero-order chi connectivity index (χ0) is 30.6. The van der Waals surface area contributed by atoms with E-state index in [9.17, 15) is 4.79 Å². The van der Waals surface area contributed by atoms with Gasteiger partial charge in [-0.1, -0.05) is 35.5 Å². The molecule has 2 aromatic carbocycles. The summed E-state index contributed by atoms with van der Waals surface area (Å²) in [5.41, 5.74) is 8.25. The summed E-state index contributed by atoms with van der Waals surface area (Å²) in [7, 11) is 0. The van der Waals surface area contributed by atoms with Crippen LogP contribution in [-0.2, 0) is 22.5 Å². The molecule has 1 saturated heterocycles. The van der Waals surface area contributed by atoms with Gasteiger partial charge < -0.3 is 23.8 Å². The van der Waals surface area contributed by atoms with Crippen LogP contribution in [0.1, 0.15) is 52.4 Å². The van der Waals surface area contributed by atoms with Crippen molar-refractivity contribution in [3.8, 4) is 16.9 Å². The van der Waals surface area contributed by atoms with Crippen LogP contribution in [0.3, 0.4) is 0 Å². The average Bonchev–Trinajstić information content (AvgIpc) is 3.35. The van der Waals surface area contributed by atoms with Gasteiger partial charge in [0.2, 0.25) is 11.9 Å². The van der Waals surface area contributed by atoms with Gasteiger partial charge in [-0.15, -0.1) is 0 Å². The number of amides is 1. The van der Waals surface area contributed by atoms with E-state index in [1.807, 2.05) is 44.7 Å². The van der Waals surface area contributed by atoms with E-state index in [1.54, 1.807) is 0 Å². The molecule has 0 spiro atoms. The molecule has 0 saturated carbocycles. The predicted molar refractivity (Wildman–Crippen MR) is 169 cm³/mol. The van der Waals surface area contributed by atoms with Crippen LogP contribution in [0.15, 0.2) is 53.1 Å². The van der Waals surface area contributed by atoms with Gasteiger partial charge >= 0.3 is 0 Å². The number of piperidine rings is 1. The summed E-state index contributed by atoms with van der Waals surface area (Å²) >= 11 is 0. The van der Waals surface area contributed by atoms with Gasteiger partial charge in [-0.2, -0.15) is 0 Å². The van der Waals surface area contributed by atoms with E-state index in [0.717, 1.165) is 82.7 Å². The van der Waals surface area contributed by atoms with Crippen molar-refractivity contribution in [2.24, 2.45) is 5.92 Å². The van der Waals surface area contributed by atoms with Crippen molar-refractivity contribution in [3.63, 3.8) is 0 Å². The number of aromatic nitrogens is 3. The van der Waals surface area contributed by atoms with Gasteiger partial charge in [0, 0.05) is 55.5 Å². The smallest absolute Gasteiger partial charge is 0.226 e. The zero-order valence-corrected chi connectivity index (χ0v) is 26.1. The van der Waals surface area contributed by atoms with Gasteiger partial charge in [-0.3, -0.25) is 4.79 Å². The average molecular weight is 596 g/mol. The lowest BCUT2D eigenvalue weighted by molar-refractivity contribution is -0.137. The molecule has 230 valence electrons. The molecule has 9 nitrogen and oxygen atoms in total. The van der Waals surface area contributed by atoms with Crippen LogP contribution in [0, 0.1) is 33.6 Å². The second kappa shape index (κ2) is 13.2.